The number of rotatable bonds is 9. The number of carbonyl (C=O) groups excluding carboxylic acids is 2. The Balaban J connectivity index is 1.61. The highest BCUT2D eigenvalue weighted by molar-refractivity contribution is 6.76. The first kappa shape index (κ1) is 25.6. The molecule has 1 saturated heterocycles. The Morgan fingerprint density at radius 1 is 1.12 bits per heavy atom. The molecule has 0 unspecified atom stereocenters. The van der Waals surface area contributed by atoms with Crippen LogP contribution in [-0.4, -0.2) is 54.8 Å². The number of nitrogens with zero attached hydrogens (tertiary/aromatic N) is 4. The van der Waals surface area contributed by atoms with Gasteiger partial charge in [-0.2, -0.15) is 13.2 Å². The Kier molecular flexibility index (Phi) is 7.61. The first-order valence-electron chi connectivity index (χ1n) is 10.7. The van der Waals surface area contributed by atoms with Crippen LogP contribution < -0.4 is 9.64 Å². The third-order valence-electron chi connectivity index (χ3n) is 5.23. The van der Waals surface area contributed by atoms with Crippen molar-refractivity contribution < 1.29 is 32.2 Å². The van der Waals surface area contributed by atoms with E-state index in [2.05, 4.69) is 29.6 Å². The molecule has 0 aliphatic carbocycles. The number of aromatic nitrogens is 2. The summed E-state index contributed by atoms with van der Waals surface area (Å²) in [6.45, 7) is 7.94. The van der Waals surface area contributed by atoms with E-state index < -0.39 is 31.8 Å². The van der Waals surface area contributed by atoms with Crippen LogP contribution in [-0.2, 0) is 22.3 Å². The normalized spacial score (nSPS) is 14.8. The topological polar surface area (TPSA) is 84.9 Å². The van der Waals surface area contributed by atoms with E-state index in [4.69, 9.17) is 9.47 Å². The molecule has 34 heavy (non-hydrogen) atoms. The number of anilines is 1. The monoisotopic (exact) mass is 496 g/mol. The van der Waals surface area contributed by atoms with Crippen molar-refractivity contribution in [3.63, 3.8) is 0 Å². The van der Waals surface area contributed by atoms with Crippen LogP contribution in [0.25, 0.3) is 0 Å². The minimum absolute atomic E-state index is 0.0119. The molecular weight excluding hydrogens is 469 g/mol. The van der Waals surface area contributed by atoms with Gasteiger partial charge in [-0.3, -0.25) is 9.69 Å². The summed E-state index contributed by atoms with van der Waals surface area (Å²) in [4.78, 5) is 35.1. The number of benzene rings is 1. The van der Waals surface area contributed by atoms with Gasteiger partial charge in [0, 0.05) is 20.2 Å². The summed E-state index contributed by atoms with van der Waals surface area (Å²) in [6, 6.07) is 4.23. The molecule has 0 spiro atoms. The second-order valence-corrected chi connectivity index (χ2v) is 14.8. The first-order valence-corrected chi connectivity index (χ1v) is 14.4. The highest BCUT2D eigenvalue weighted by Crippen LogP contribution is 2.33. The smallest absolute Gasteiger partial charge is 0.416 e. The van der Waals surface area contributed by atoms with E-state index >= 15 is 0 Å². The average molecular weight is 497 g/mol. The van der Waals surface area contributed by atoms with Crippen molar-refractivity contribution in [2.45, 2.75) is 45.4 Å². The SMILES string of the molecule is Cc1cccc(C(F)(F)F)c1COc1cnc(N2CC(=O)N(COCC[Si](C)(C)C)C2=O)nc1. The van der Waals surface area contributed by atoms with Crippen molar-refractivity contribution in [2.24, 2.45) is 0 Å². The number of hydrogen-bond acceptors (Lipinski definition) is 6. The molecule has 0 bridgehead atoms. The molecule has 1 aromatic carbocycles. The van der Waals surface area contributed by atoms with Gasteiger partial charge in [-0.15, -0.1) is 0 Å². The van der Waals surface area contributed by atoms with Crippen molar-refractivity contribution >= 4 is 26.0 Å². The maximum Gasteiger partial charge on any atom is 0.416 e. The molecule has 3 rings (SSSR count). The summed E-state index contributed by atoms with van der Waals surface area (Å²) >= 11 is 0. The van der Waals surface area contributed by atoms with Crippen molar-refractivity contribution in [3.05, 3.63) is 47.3 Å². The molecule has 12 heteroatoms. The number of halogens is 3. The van der Waals surface area contributed by atoms with E-state index in [0.717, 1.165) is 21.9 Å². The lowest BCUT2D eigenvalue weighted by atomic mass is 10.0. The summed E-state index contributed by atoms with van der Waals surface area (Å²) in [7, 11) is -1.30. The fourth-order valence-electron chi connectivity index (χ4n) is 3.20. The molecular formula is C22H27F3N4O4Si. The highest BCUT2D eigenvalue weighted by atomic mass is 28.3. The fraction of sp³-hybridized carbons (Fsp3) is 0.455. The predicted molar refractivity (Wildman–Crippen MR) is 121 cm³/mol. The van der Waals surface area contributed by atoms with Crippen molar-refractivity contribution in [2.75, 3.05) is 24.8 Å². The average Bonchev–Trinajstić information content (AvgIpc) is 3.03. The van der Waals surface area contributed by atoms with E-state index in [1.54, 1.807) is 13.0 Å². The van der Waals surface area contributed by atoms with Crippen LogP contribution in [0.2, 0.25) is 25.7 Å². The second-order valence-electron chi connectivity index (χ2n) is 9.14. The molecule has 1 aromatic heterocycles. The maximum absolute atomic E-state index is 13.3. The third kappa shape index (κ3) is 6.32. The maximum atomic E-state index is 13.3. The number of amides is 3. The number of alkyl halides is 3. The first-order chi connectivity index (χ1) is 15.9. The Hall–Kier alpha value is -2.99. The molecule has 184 valence electrons. The van der Waals surface area contributed by atoms with Gasteiger partial charge in [-0.1, -0.05) is 31.8 Å². The van der Waals surface area contributed by atoms with Crippen molar-refractivity contribution in [1.29, 1.82) is 0 Å². The minimum Gasteiger partial charge on any atom is -0.486 e. The molecule has 3 amide bonds. The molecule has 1 aliphatic rings. The Morgan fingerprint density at radius 3 is 2.41 bits per heavy atom. The van der Waals surface area contributed by atoms with E-state index in [-0.39, 0.29) is 37.1 Å². The summed E-state index contributed by atoms with van der Waals surface area (Å²) < 4.78 is 50.8. The van der Waals surface area contributed by atoms with Crippen LogP contribution in [0.1, 0.15) is 16.7 Å². The Bertz CT molecular complexity index is 1040. The number of ether oxygens (including phenoxy) is 2. The third-order valence-corrected chi connectivity index (χ3v) is 6.93. The zero-order chi connectivity index (χ0) is 25.1. The van der Waals surface area contributed by atoms with Gasteiger partial charge in [0.1, 0.15) is 19.9 Å². The molecule has 2 aromatic rings. The van der Waals surface area contributed by atoms with Crippen molar-refractivity contribution in [3.8, 4) is 5.75 Å². The number of carbonyl (C=O) groups is 2. The molecule has 0 N–H and O–H groups in total. The highest BCUT2D eigenvalue weighted by Gasteiger charge is 2.38. The van der Waals surface area contributed by atoms with Gasteiger partial charge in [0.05, 0.1) is 18.0 Å². The summed E-state index contributed by atoms with van der Waals surface area (Å²) in [5.41, 5.74) is -0.303. The number of urea groups is 1. The Labute approximate surface area is 196 Å². The Morgan fingerprint density at radius 2 is 1.79 bits per heavy atom. The quantitative estimate of drug-likeness (QED) is 0.289. The van der Waals surface area contributed by atoms with Crippen LogP contribution in [0, 0.1) is 6.92 Å². The fourth-order valence-corrected chi connectivity index (χ4v) is 3.95. The zero-order valence-electron chi connectivity index (χ0n) is 19.5. The van der Waals surface area contributed by atoms with Crippen LogP contribution in [0.15, 0.2) is 30.6 Å². The van der Waals surface area contributed by atoms with Gasteiger partial charge < -0.3 is 9.47 Å². The summed E-state index contributed by atoms with van der Waals surface area (Å²) in [5, 5.41) is 0. The lowest BCUT2D eigenvalue weighted by Crippen LogP contribution is -2.36. The van der Waals surface area contributed by atoms with Crippen LogP contribution in [0.4, 0.5) is 23.9 Å². The number of imide groups is 1. The molecule has 0 radical (unpaired) electrons. The van der Waals surface area contributed by atoms with Gasteiger partial charge in [0.25, 0.3) is 5.91 Å². The van der Waals surface area contributed by atoms with Crippen LogP contribution in [0.5, 0.6) is 5.75 Å². The van der Waals surface area contributed by atoms with Gasteiger partial charge in [-0.05, 0) is 24.6 Å². The van der Waals surface area contributed by atoms with E-state index in [9.17, 15) is 22.8 Å². The molecule has 0 atom stereocenters. The van der Waals surface area contributed by atoms with Gasteiger partial charge >= 0.3 is 12.2 Å². The van der Waals surface area contributed by atoms with E-state index in [0.29, 0.717) is 12.2 Å². The zero-order valence-corrected chi connectivity index (χ0v) is 20.5. The van der Waals surface area contributed by atoms with Crippen LogP contribution >= 0.6 is 0 Å². The predicted octanol–water partition coefficient (Wildman–Crippen LogP) is 4.46. The largest absolute Gasteiger partial charge is 0.486 e. The minimum atomic E-state index is -4.50. The van der Waals surface area contributed by atoms with Crippen molar-refractivity contribution in [1.82, 2.24) is 14.9 Å². The number of aryl methyl sites for hydroxylation is 1. The van der Waals surface area contributed by atoms with E-state index in [1.807, 2.05) is 0 Å². The second kappa shape index (κ2) is 10.1. The molecule has 2 heterocycles. The molecule has 1 aliphatic heterocycles. The molecule has 8 nitrogen and oxygen atoms in total. The van der Waals surface area contributed by atoms with Gasteiger partial charge in [-0.25, -0.2) is 19.7 Å². The molecule has 0 saturated carbocycles. The van der Waals surface area contributed by atoms with Crippen LogP contribution in [0.3, 0.4) is 0 Å². The summed E-state index contributed by atoms with van der Waals surface area (Å²) in [6.07, 6.45) is -2.00. The van der Waals surface area contributed by atoms with Gasteiger partial charge in [0.2, 0.25) is 5.95 Å². The number of hydrogen-bond donors (Lipinski definition) is 0. The van der Waals surface area contributed by atoms with Gasteiger partial charge in [0.15, 0.2) is 5.75 Å². The lowest BCUT2D eigenvalue weighted by molar-refractivity contribution is -0.138. The summed E-state index contributed by atoms with van der Waals surface area (Å²) in [5.74, 6) is -0.312. The standard InChI is InChI=1S/C22H27F3N4O4Si/c1-15-6-5-7-18(22(23,24)25)17(15)13-33-16-10-26-20(27-11-16)28-12-19(30)29(21(28)31)14-32-8-9-34(2,3)4/h5-7,10-11H,8-9,12-14H2,1-4H3. The molecule has 1 fully saturated rings. The van der Waals surface area contributed by atoms with E-state index in [1.165, 1.54) is 18.5 Å². The lowest BCUT2D eigenvalue weighted by Gasteiger charge is -2.18.